The first-order chi connectivity index (χ1) is 3.43. The van der Waals surface area contributed by atoms with Crippen LogP contribution in [0.1, 0.15) is 12.8 Å². The number of thiol groups is 1. The second kappa shape index (κ2) is 2.31. The van der Waals surface area contributed by atoms with Crippen molar-refractivity contribution < 1.29 is 4.74 Å². The molecule has 0 spiro atoms. The van der Waals surface area contributed by atoms with Gasteiger partial charge in [-0.3, -0.25) is 0 Å². The van der Waals surface area contributed by atoms with Crippen molar-refractivity contribution in [3.05, 3.63) is 0 Å². The summed E-state index contributed by atoms with van der Waals surface area (Å²) in [5.74, 6) is 0. The van der Waals surface area contributed by atoms with Crippen LogP contribution < -0.4 is 0 Å². The Morgan fingerprint density at radius 2 is 2.57 bits per heavy atom. The third-order valence-corrected chi connectivity index (χ3v) is 1.36. The monoisotopic (exact) mass is 116 g/mol. The highest BCUT2D eigenvalue weighted by Gasteiger charge is 2.10. The minimum absolute atomic E-state index is 0.211. The van der Waals surface area contributed by atoms with E-state index in [0.717, 1.165) is 19.4 Å². The Kier molecular flexibility index (Phi) is 1.69. The topological polar surface area (TPSA) is 9.23 Å². The van der Waals surface area contributed by atoms with Crippen LogP contribution in [-0.2, 0) is 4.74 Å². The predicted molar refractivity (Wildman–Crippen MR) is 31.8 cm³/mol. The molecule has 0 aliphatic carbocycles. The van der Waals surface area contributed by atoms with Gasteiger partial charge in [0, 0.05) is 6.61 Å². The molecule has 1 aliphatic heterocycles. The van der Waals surface area contributed by atoms with Gasteiger partial charge in [-0.1, -0.05) is 5.18 Å². The smallest absolute Gasteiger partial charge is 0.120 e. The van der Waals surface area contributed by atoms with E-state index in [-0.39, 0.29) is 6.10 Å². The average molecular weight is 116 g/mol. The molecule has 1 fully saturated rings. The maximum absolute atomic E-state index is 5.11. The zero-order chi connectivity index (χ0) is 5.11. The van der Waals surface area contributed by atoms with E-state index in [0.29, 0.717) is 0 Å². The lowest BCUT2D eigenvalue weighted by Gasteiger charge is -1.93. The van der Waals surface area contributed by atoms with Gasteiger partial charge in [-0.05, 0) is 12.8 Å². The summed E-state index contributed by atoms with van der Waals surface area (Å²) in [6.45, 7) is 0.887. The van der Waals surface area contributed by atoms with E-state index in [1.807, 2.05) is 0 Å². The summed E-state index contributed by atoms with van der Waals surface area (Å²) in [5, 5.41) is 2.74. The fourth-order valence-electron chi connectivity index (χ4n) is 0.679. The van der Waals surface area contributed by atoms with Gasteiger partial charge in [0.25, 0.3) is 0 Å². The quantitative estimate of drug-likeness (QED) is 0.465. The SMILES string of the molecule is [SH]#C[C@@H]1CCCO1. The summed E-state index contributed by atoms with van der Waals surface area (Å²) in [5.41, 5.74) is 0. The molecule has 40 valence electrons. The highest BCUT2D eigenvalue weighted by atomic mass is 32.1. The normalized spacial score (nSPS) is 30.0. The molecule has 2 heteroatoms. The average Bonchev–Trinajstić information content (AvgIpc) is 2.14. The highest BCUT2D eigenvalue weighted by molar-refractivity contribution is 7.68. The maximum atomic E-state index is 5.11. The number of rotatable bonds is 0. The Morgan fingerprint density at radius 1 is 1.71 bits per heavy atom. The Morgan fingerprint density at radius 3 is 2.86 bits per heavy atom. The number of hydrogen-bond acceptors (Lipinski definition) is 1. The van der Waals surface area contributed by atoms with Gasteiger partial charge in [0.05, 0.1) is 0 Å². The summed E-state index contributed by atoms with van der Waals surface area (Å²) in [7, 11) is 0. The van der Waals surface area contributed by atoms with E-state index in [2.05, 4.69) is 17.2 Å². The second-order valence-corrected chi connectivity index (χ2v) is 1.89. The molecule has 0 amide bonds. The van der Waals surface area contributed by atoms with Crippen molar-refractivity contribution in [3.63, 3.8) is 0 Å². The van der Waals surface area contributed by atoms with Gasteiger partial charge in [0.1, 0.15) is 6.10 Å². The molecule has 0 aromatic carbocycles. The van der Waals surface area contributed by atoms with Gasteiger partial charge >= 0.3 is 0 Å². The Labute approximate surface area is 48.3 Å². The van der Waals surface area contributed by atoms with Gasteiger partial charge in [-0.15, -0.1) is 12.0 Å². The minimum Gasteiger partial charge on any atom is -0.365 e. The van der Waals surface area contributed by atoms with Crippen LogP contribution in [0.15, 0.2) is 0 Å². The molecule has 0 unspecified atom stereocenters. The van der Waals surface area contributed by atoms with Crippen molar-refractivity contribution in [2.24, 2.45) is 0 Å². The highest BCUT2D eigenvalue weighted by Crippen LogP contribution is 2.09. The number of hydrogen-bond donors (Lipinski definition) is 1. The van der Waals surface area contributed by atoms with Crippen LogP contribution in [-0.4, -0.2) is 12.7 Å². The van der Waals surface area contributed by atoms with Gasteiger partial charge in [0.2, 0.25) is 0 Å². The van der Waals surface area contributed by atoms with E-state index in [1.54, 1.807) is 0 Å². The van der Waals surface area contributed by atoms with Crippen molar-refractivity contribution in [3.8, 4) is 5.18 Å². The lowest BCUT2D eigenvalue weighted by atomic mass is 10.3. The summed E-state index contributed by atoms with van der Waals surface area (Å²) in [4.78, 5) is 0. The molecule has 0 N–H and O–H groups in total. The molecule has 0 aromatic heterocycles. The Bertz CT molecular complexity index is 88.7. The molecule has 1 atom stereocenters. The first-order valence-corrected chi connectivity index (χ1v) is 2.89. The molecule has 1 saturated heterocycles. The van der Waals surface area contributed by atoms with Gasteiger partial charge in [-0.2, -0.15) is 0 Å². The van der Waals surface area contributed by atoms with Crippen molar-refractivity contribution in [2.45, 2.75) is 18.9 Å². The van der Waals surface area contributed by atoms with Crippen molar-refractivity contribution in [2.75, 3.05) is 6.61 Å². The van der Waals surface area contributed by atoms with Crippen LogP contribution in [0, 0.1) is 5.18 Å². The van der Waals surface area contributed by atoms with Gasteiger partial charge in [0.15, 0.2) is 0 Å². The minimum atomic E-state index is 0.211. The van der Waals surface area contributed by atoms with Crippen molar-refractivity contribution in [1.82, 2.24) is 0 Å². The largest absolute Gasteiger partial charge is 0.365 e. The summed E-state index contributed by atoms with van der Waals surface area (Å²) in [6, 6.07) is 0. The molecule has 0 saturated carbocycles. The van der Waals surface area contributed by atoms with E-state index in [4.69, 9.17) is 4.74 Å². The molecule has 0 radical (unpaired) electrons. The zero-order valence-corrected chi connectivity index (χ0v) is 4.95. The second-order valence-electron chi connectivity index (χ2n) is 1.63. The van der Waals surface area contributed by atoms with Crippen LogP contribution in [0.4, 0.5) is 0 Å². The molecule has 1 heterocycles. The standard InChI is InChI=1S/C5H8OS/c7-4-5-2-1-3-6-5/h5,7H,1-3H2/t5-/m0/s1. The Balaban J connectivity index is 2.31. The van der Waals surface area contributed by atoms with Crippen LogP contribution in [0.25, 0.3) is 0 Å². The van der Waals surface area contributed by atoms with Crippen LogP contribution in [0.2, 0.25) is 0 Å². The van der Waals surface area contributed by atoms with Crippen LogP contribution >= 0.6 is 12.0 Å². The lowest BCUT2D eigenvalue weighted by Crippen LogP contribution is -1.97. The zero-order valence-electron chi connectivity index (χ0n) is 4.05. The van der Waals surface area contributed by atoms with Gasteiger partial charge in [-0.25, -0.2) is 0 Å². The molecular weight excluding hydrogens is 108 g/mol. The molecule has 0 aromatic rings. The van der Waals surface area contributed by atoms with E-state index in [1.165, 1.54) is 0 Å². The van der Waals surface area contributed by atoms with E-state index >= 15 is 0 Å². The van der Waals surface area contributed by atoms with Crippen LogP contribution in [0.5, 0.6) is 0 Å². The summed E-state index contributed by atoms with van der Waals surface area (Å²) in [6.07, 6.45) is 2.48. The lowest BCUT2D eigenvalue weighted by molar-refractivity contribution is 0.153. The third-order valence-electron chi connectivity index (χ3n) is 1.07. The fraction of sp³-hybridized carbons (Fsp3) is 0.800. The predicted octanol–water partition coefficient (Wildman–Crippen LogP) is 1.05. The maximum Gasteiger partial charge on any atom is 0.120 e. The van der Waals surface area contributed by atoms with Crippen molar-refractivity contribution >= 4 is 12.0 Å². The molecule has 7 heavy (non-hydrogen) atoms. The molecular formula is C5H8OS. The van der Waals surface area contributed by atoms with E-state index in [9.17, 15) is 0 Å². The molecule has 1 rings (SSSR count). The Hall–Kier alpha value is -0.0400. The number of ether oxygens (including phenoxy) is 1. The van der Waals surface area contributed by atoms with Gasteiger partial charge < -0.3 is 4.74 Å². The van der Waals surface area contributed by atoms with Crippen molar-refractivity contribution in [1.29, 1.82) is 0 Å². The molecule has 0 bridgehead atoms. The summed E-state index contributed by atoms with van der Waals surface area (Å²) >= 11 is 3.84. The fourth-order valence-corrected chi connectivity index (χ4v) is 0.883. The van der Waals surface area contributed by atoms with Crippen LogP contribution in [0.3, 0.4) is 0 Å². The molecule has 1 nitrogen and oxygen atoms in total. The molecule has 1 aliphatic rings. The summed E-state index contributed by atoms with van der Waals surface area (Å²) < 4.78 is 5.11. The third kappa shape index (κ3) is 1.16. The van der Waals surface area contributed by atoms with E-state index < -0.39 is 0 Å². The first kappa shape index (κ1) is 5.10. The first-order valence-electron chi connectivity index (χ1n) is 2.44.